The summed E-state index contributed by atoms with van der Waals surface area (Å²) in [5, 5.41) is 14.1. The number of hydrogen-bond donors (Lipinski definition) is 1. The highest BCUT2D eigenvalue weighted by Gasteiger charge is 2.45. The van der Waals surface area contributed by atoms with Gasteiger partial charge in [0.2, 0.25) is 0 Å². The largest absolute Gasteiger partial charge is 0.381 e. The summed E-state index contributed by atoms with van der Waals surface area (Å²) in [5.41, 5.74) is -0.0600. The first-order valence-corrected chi connectivity index (χ1v) is 6.46. The van der Waals surface area contributed by atoms with Crippen molar-refractivity contribution in [2.75, 3.05) is 13.1 Å². The summed E-state index contributed by atoms with van der Waals surface area (Å²) in [5.74, 6) is 4.80. The van der Waals surface area contributed by atoms with Crippen molar-refractivity contribution in [1.29, 1.82) is 0 Å². The van der Waals surface area contributed by atoms with Gasteiger partial charge in [0, 0.05) is 15.4 Å². The number of β-amino-alcohol motifs (C(OH)–C–C–N with tert-alkyl or cyclic N) is 1. The van der Waals surface area contributed by atoms with E-state index in [1.54, 1.807) is 11.8 Å². The van der Waals surface area contributed by atoms with Crippen LogP contribution in [0.4, 0.5) is 0 Å². The van der Waals surface area contributed by atoms with Crippen LogP contribution in [-0.2, 0) is 10.4 Å². The van der Waals surface area contributed by atoms with Crippen molar-refractivity contribution < 1.29 is 9.90 Å². The Kier molecular flexibility index (Phi) is 3.06. The lowest BCUT2D eigenvalue weighted by molar-refractivity contribution is -0.151. The molecular weight excluding hydrogens is 290 g/mol. The lowest BCUT2D eigenvalue weighted by Crippen LogP contribution is -2.61. The van der Waals surface area contributed by atoms with Crippen LogP contribution in [0.3, 0.4) is 0 Å². The van der Waals surface area contributed by atoms with E-state index in [4.69, 9.17) is 0 Å². The van der Waals surface area contributed by atoms with Crippen LogP contribution >= 0.6 is 27.3 Å². The smallest absolute Gasteiger partial charge is 0.298 e. The van der Waals surface area contributed by atoms with Crippen molar-refractivity contribution in [3.05, 3.63) is 20.8 Å². The molecule has 1 aromatic rings. The first kappa shape index (κ1) is 11.6. The quantitative estimate of drug-likeness (QED) is 0.800. The Morgan fingerprint density at radius 2 is 2.31 bits per heavy atom. The van der Waals surface area contributed by atoms with E-state index in [1.807, 2.05) is 10.8 Å². The molecule has 16 heavy (non-hydrogen) atoms. The Morgan fingerprint density at radius 1 is 1.62 bits per heavy atom. The molecule has 0 radical (unpaired) electrons. The predicted molar refractivity (Wildman–Crippen MR) is 65.9 cm³/mol. The van der Waals surface area contributed by atoms with Crippen LogP contribution in [0, 0.1) is 11.8 Å². The van der Waals surface area contributed by atoms with Crippen molar-refractivity contribution in [3.63, 3.8) is 0 Å². The van der Waals surface area contributed by atoms with Crippen molar-refractivity contribution in [2.24, 2.45) is 0 Å². The minimum atomic E-state index is -0.913. The van der Waals surface area contributed by atoms with Gasteiger partial charge in [-0.1, -0.05) is 5.92 Å². The molecule has 0 aromatic carbocycles. The molecule has 1 aliphatic heterocycles. The SMILES string of the molecule is CC#CC(=O)N1CC(O)(c2cscc2Br)C1. The molecule has 2 heterocycles. The van der Waals surface area contributed by atoms with E-state index >= 15 is 0 Å². The molecule has 84 valence electrons. The number of carbonyl (C=O) groups excluding carboxylic acids is 1. The minimum absolute atomic E-state index is 0.224. The van der Waals surface area contributed by atoms with Crippen LogP contribution in [-0.4, -0.2) is 29.0 Å². The Morgan fingerprint density at radius 3 is 2.81 bits per heavy atom. The second-order valence-electron chi connectivity index (χ2n) is 3.70. The molecule has 2 rings (SSSR count). The molecule has 1 N–H and O–H groups in total. The fraction of sp³-hybridized carbons (Fsp3) is 0.364. The molecule has 1 saturated heterocycles. The molecule has 1 aromatic heterocycles. The topological polar surface area (TPSA) is 40.5 Å². The van der Waals surface area contributed by atoms with Crippen LogP contribution in [0.25, 0.3) is 0 Å². The van der Waals surface area contributed by atoms with Gasteiger partial charge in [-0.05, 0) is 34.2 Å². The molecule has 0 unspecified atom stereocenters. The van der Waals surface area contributed by atoms with Crippen LogP contribution in [0.1, 0.15) is 12.5 Å². The maximum atomic E-state index is 11.4. The summed E-state index contributed by atoms with van der Waals surface area (Å²) in [7, 11) is 0. The summed E-state index contributed by atoms with van der Waals surface area (Å²) < 4.78 is 0.897. The molecule has 0 aliphatic carbocycles. The summed E-state index contributed by atoms with van der Waals surface area (Å²) in [6.45, 7) is 2.26. The summed E-state index contributed by atoms with van der Waals surface area (Å²) in [4.78, 5) is 12.9. The highest BCUT2D eigenvalue weighted by Crippen LogP contribution is 2.38. The molecule has 1 amide bonds. The van der Waals surface area contributed by atoms with E-state index in [2.05, 4.69) is 27.8 Å². The van der Waals surface area contributed by atoms with E-state index < -0.39 is 5.60 Å². The Balaban J connectivity index is 2.08. The minimum Gasteiger partial charge on any atom is -0.381 e. The van der Waals surface area contributed by atoms with Gasteiger partial charge in [-0.3, -0.25) is 4.79 Å². The molecule has 5 heteroatoms. The van der Waals surface area contributed by atoms with E-state index in [0.717, 1.165) is 10.0 Å². The molecule has 3 nitrogen and oxygen atoms in total. The molecule has 0 saturated carbocycles. The van der Waals surface area contributed by atoms with Crippen molar-refractivity contribution in [3.8, 4) is 11.8 Å². The van der Waals surface area contributed by atoms with Gasteiger partial charge in [0.15, 0.2) is 0 Å². The lowest BCUT2D eigenvalue weighted by Gasteiger charge is -2.45. The van der Waals surface area contributed by atoms with E-state index in [1.165, 1.54) is 11.3 Å². The molecule has 0 spiro atoms. The third kappa shape index (κ3) is 1.88. The Labute approximate surface area is 106 Å². The molecule has 0 bridgehead atoms. The third-order valence-electron chi connectivity index (χ3n) is 2.54. The zero-order chi connectivity index (χ0) is 11.8. The first-order valence-electron chi connectivity index (χ1n) is 4.73. The average molecular weight is 300 g/mol. The highest BCUT2D eigenvalue weighted by atomic mass is 79.9. The number of likely N-dealkylation sites (tertiary alicyclic amines) is 1. The molecule has 0 atom stereocenters. The van der Waals surface area contributed by atoms with Gasteiger partial charge in [0.25, 0.3) is 5.91 Å². The van der Waals surface area contributed by atoms with Gasteiger partial charge in [-0.2, -0.15) is 11.3 Å². The number of carbonyl (C=O) groups is 1. The van der Waals surface area contributed by atoms with Gasteiger partial charge in [-0.25, -0.2) is 0 Å². The number of thiophene rings is 1. The van der Waals surface area contributed by atoms with Gasteiger partial charge in [0.1, 0.15) is 5.60 Å². The molecule has 1 aliphatic rings. The second-order valence-corrected chi connectivity index (χ2v) is 5.30. The molecular formula is C11H10BrNO2S. The van der Waals surface area contributed by atoms with Crippen LogP contribution in [0.2, 0.25) is 0 Å². The van der Waals surface area contributed by atoms with E-state index in [0.29, 0.717) is 13.1 Å². The number of halogens is 1. The van der Waals surface area contributed by atoms with Crippen LogP contribution < -0.4 is 0 Å². The summed E-state index contributed by atoms with van der Waals surface area (Å²) >= 11 is 4.91. The summed E-state index contributed by atoms with van der Waals surface area (Å²) in [6, 6.07) is 0. The fourth-order valence-electron chi connectivity index (χ4n) is 1.70. The first-order chi connectivity index (χ1) is 7.57. The normalized spacial score (nSPS) is 17.3. The van der Waals surface area contributed by atoms with Crippen molar-refractivity contribution in [2.45, 2.75) is 12.5 Å². The third-order valence-corrected chi connectivity index (χ3v) is 4.24. The average Bonchev–Trinajstić information content (AvgIpc) is 2.60. The van der Waals surface area contributed by atoms with Gasteiger partial charge < -0.3 is 10.0 Å². The Bertz CT molecular complexity index is 480. The fourth-order valence-corrected chi connectivity index (χ4v) is 3.45. The van der Waals surface area contributed by atoms with Gasteiger partial charge in [-0.15, -0.1) is 0 Å². The monoisotopic (exact) mass is 299 g/mol. The number of aliphatic hydroxyl groups is 1. The zero-order valence-electron chi connectivity index (χ0n) is 8.66. The van der Waals surface area contributed by atoms with Crippen LogP contribution in [0.15, 0.2) is 15.2 Å². The number of rotatable bonds is 1. The van der Waals surface area contributed by atoms with Gasteiger partial charge in [0.05, 0.1) is 13.1 Å². The Hall–Kier alpha value is -0.830. The molecule has 1 fully saturated rings. The maximum Gasteiger partial charge on any atom is 0.298 e. The van der Waals surface area contributed by atoms with E-state index in [-0.39, 0.29) is 5.91 Å². The van der Waals surface area contributed by atoms with Gasteiger partial charge >= 0.3 is 0 Å². The highest BCUT2D eigenvalue weighted by molar-refractivity contribution is 9.10. The zero-order valence-corrected chi connectivity index (χ0v) is 11.1. The predicted octanol–water partition coefficient (Wildman–Crippen LogP) is 1.56. The van der Waals surface area contributed by atoms with E-state index in [9.17, 15) is 9.90 Å². The second kappa shape index (κ2) is 4.21. The van der Waals surface area contributed by atoms with Crippen molar-refractivity contribution >= 4 is 33.2 Å². The maximum absolute atomic E-state index is 11.4. The van der Waals surface area contributed by atoms with Crippen LogP contribution in [0.5, 0.6) is 0 Å². The lowest BCUT2D eigenvalue weighted by atomic mass is 9.88. The number of nitrogens with zero attached hydrogens (tertiary/aromatic N) is 1. The standard InChI is InChI=1S/C11H10BrNO2S/c1-2-3-10(14)13-6-11(15,7-13)8-4-16-5-9(8)12/h4-5,15H,6-7H2,1H3. The number of amides is 1. The summed E-state index contributed by atoms with van der Waals surface area (Å²) in [6.07, 6.45) is 0. The number of hydrogen-bond acceptors (Lipinski definition) is 3. The van der Waals surface area contributed by atoms with Crippen molar-refractivity contribution in [1.82, 2.24) is 4.90 Å².